The van der Waals surface area contributed by atoms with Crippen molar-refractivity contribution in [3.05, 3.63) is 119 Å². The molecule has 7 rings (SSSR count). The maximum atomic E-state index is 12.6. The molecule has 0 bridgehead atoms. The molecular formula is C43H42N3O14S4+. The van der Waals surface area contributed by atoms with Gasteiger partial charge in [0.25, 0.3) is 30.4 Å². The highest BCUT2D eigenvalue weighted by Crippen LogP contribution is 2.52. The number of hydrogen-bond donors (Lipinski definition) is 5. The van der Waals surface area contributed by atoms with Crippen molar-refractivity contribution >= 4 is 92.6 Å². The van der Waals surface area contributed by atoms with Gasteiger partial charge in [0.05, 0.1) is 38.5 Å². The zero-order valence-corrected chi connectivity index (χ0v) is 38.2. The van der Waals surface area contributed by atoms with Crippen molar-refractivity contribution in [2.75, 3.05) is 18.0 Å². The molecule has 0 aliphatic carbocycles. The van der Waals surface area contributed by atoms with Gasteiger partial charge in [0.15, 0.2) is 5.71 Å². The lowest BCUT2D eigenvalue weighted by Crippen LogP contribution is -2.27. The van der Waals surface area contributed by atoms with E-state index in [1.54, 1.807) is 24.3 Å². The monoisotopic (exact) mass is 952 g/mol. The van der Waals surface area contributed by atoms with E-state index in [9.17, 15) is 48.8 Å². The summed E-state index contributed by atoms with van der Waals surface area (Å²) in [7, 11) is -14.6. The number of carbonyl (C=O) groups is 1. The molecule has 0 unspecified atom stereocenters. The molecule has 0 saturated carbocycles. The summed E-state index contributed by atoms with van der Waals surface area (Å²) in [5.41, 5.74) is 3.19. The number of aromatic carboxylic acids is 1. The van der Waals surface area contributed by atoms with Crippen LogP contribution in [0.2, 0.25) is 0 Å². The van der Waals surface area contributed by atoms with E-state index in [4.69, 9.17) is 5.26 Å². The number of nitrogens with zero attached hydrogens (tertiary/aromatic N) is 3. The van der Waals surface area contributed by atoms with Gasteiger partial charge in [-0.2, -0.15) is 29.8 Å². The average Bonchev–Trinajstić information content (AvgIpc) is 3.59. The second kappa shape index (κ2) is 16.6. The van der Waals surface area contributed by atoms with Crippen molar-refractivity contribution in [1.82, 2.24) is 4.98 Å². The number of carboxylic acid groups (broad SMARTS) is 1. The summed E-state index contributed by atoms with van der Waals surface area (Å²) < 4.78 is 112. The summed E-state index contributed by atoms with van der Waals surface area (Å²) in [6.07, 6.45) is 8.53. The highest BCUT2D eigenvalue weighted by molar-refractivity contribution is 7.94. The number of hydrogen-bond acceptors (Lipinski definition) is 13. The molecule has 5 aromatic rings. The molecule has 64 heavy (non-hydrogen) atoms. The van der Waals surface area contributed by atoms with E-state index in [0.717, 1.165) is 17.0 Å². The van der Waals surface area contributed by atoms with E-state index in [-0.39, 0.29) is 21.2 Å². The fourth-order valence-corrected chi connectivity index (χ4v) is 11.3. The zero-order valence-electron chi connectivity index (χ0n) is 35.0. The molecule has 2 aliphatic rings. The molecule has 0 spiro atoms. The lowest BCUT2D eigenvalue weighted by Gasteiger charge is -2.26. The van der Waals surface area contributed by atoms with Gasteiger partial charge in [-0.15, -0.1) is 4.33 Å². The number of rotatable bonds is 13. The predicted molar refractivity (Wildman–Crippen MR) is 239 cm³/mol. The van der Waals surface area contributed by atoms with Crippen LogP contribution in [0.1, 0.15) is 68.7 Å². The predicted octanol–water partition coefficient (Wildman–Crippen LogP) is 7.99. The summed E-state index contributed by atoms with van der Waals surface area (Å²) in [4.78, 5) is 16.7. The largest absolute Gasteiger partial charge is 0.478 e. The smallest absolute Gasteiger partial charge is 0.337 e. The summed E-state index contributed by atoms with van der Waals surface area (Å²) >= 11 is 0.554. The van der Waals surface area contributed by atoms with Crippen molar-refractivity contribution in [3.8, 4) is 0 Å². The zero-order chi connectivity index (χ0) is 46.9. The van der Waals surface area contributed by atoms with Gasteiger partial charge in [-0.3, -0.25) is 18.6 Å². The second-order valence-electron chi connectivity index (χ2n) is 16.0. The third-order valence-electron chi connectivity index (χ3n) is 11.6. The third-order valence-corrected chi connectivity index (χ3v) is 14.8. The number of likely N-dealkylation sites (N-methyl/N-ethyl adjacent to an activating group) is 1. The first-order valence-electron chi connectivity index (χ1n) is 19.4. The number of allylic oxidation sites excluding steroid dienone is 6. The number of fused-ring (bicyclic) bond motifs is 6. The highest BCUT2D eigenvalue weighted by atomic mass is 32.2. The number of anilines is 1. The molecule has 5 N–H and O–H groups in total. The van der Waals surface area contributed by atoms with Gasteiger partial charge >= 0.3 is 5.97 Å². The van der Waals surface area contributed by atoms with Gasteiger partial charge in [-0.05, 0) is 110 Å². The fraction of sp³-hybridized carbons (Fsp3) is 0.233. The van der Waals surface area contributed by atoms with Crippen LogP contribution in [0.15, 0.2) is 116 Å². The van der Waals surface area contributed by atoms with Crippen LogP contribution < -0.4 is 4.90 Å². The number of benzene rings is 4. The van der Waals surface area contributed by atoms with Crippen LogP contribution in [-0.2, 0) is 50.6 Å². The molecule has 21 heteroatoms. The van der Waals surface area contributed by atoms with E-state index in [1.165, 1.54) is 36.5 Å². The second-order valence-corrected chi connectivity index (χ2v) is 20.9. The van der Waals surface area contributed by atoms with Gasteiger partial charge < -0.3 is 10.0 Å². The molecule has 17 nitrogen and oxygen atoms in total. The molecule has 3 heterocycles. The Labute approximate surface area is 373 Å². The van der Waals surface area contributed by atoms with Crippen molar-refractivity contribution in [2.45, 2.75) is 72.0 Å². The third kappa shape index (κ3) is 8.16. The van der Waals surface area contributed by atoms with Crippen molar-refractivity contribution in [1.29, 1.82) is 0 Å². The quantitative estimate of drug-likeness (QED) is 0.0187. The number of aromatic nitrogens is 1. The SMILES string of the molecule is CCN1/C(=C/C=C(/C=C/C2=[N+](CC)c3ccc4c(SOOO)cc(S(=O)(=O)O)cc4c3C2(C)C)c2ccc(C(=O)O)cn2)C(C)(C)c2c1ccc1c(S(=O)(=O)O)cc(S(=O)(=O)O)cc21. The maximum Gasteiger partial charge on any atom is 0.337 e. The lowest BCUT2D eigenvalue weighted by molar-refractivity contribution is -0.433. The van der Waals surface area contributed by atoms with Gasteiger partial charge in [0, 0.05) is 63.1 Å². The molecule has 0 atom stereocenters. The Kier molecular flexibility index (Phi) is 12.1. The van der Waals surface area contributed by atoms with Crippen molar-refractivity contribution < 1.29 is 68.0 Å². The van der Waals surface area contributed by atoms with Crippen molar-refractivity contribution in [3.63, 3.8) is 0 Å². The van der Waals surface area contributed by atoms with Crippen LogP contribution in [0.3, 0.4) is 0 Å². The Hall–Kier alpha value is -5.33. The molecule has 0 amide bonds. The minimum atomic E-state index is -4.95. The standard InChI is InChI=1S/C43H41N3O14S4/c1-7-45-33-15-12-28-30(19-26(62(50,51)52)21-35(28)61-60-59-49)39(33)42(3,4)37(45)17-10-24(32-14-9-25(23-44-32)41(47)48)11-18-38-43(5,6)40-31-20-27(63(53,54)55)22-36(64(56,57)58)29(31)13-16-34(40)46(38)8-2/h9-23H,7-8H2,1-6H3,(H4-,47,48,49,50,51,52,53,54,55,56,57,58)/p+1. The first-order chi connectivity index (χ1) is 29.9. The Morgan fingerprint density at radius 2 is 1.45 bits per heavy atom. The van der Waals surface area contributed by atoms with Gasteiger partial charge in [0.1, 0.15) is 11.4 Å². The molecule has 4 aromatic carbocycles. The summed E-state index contributed by atoms with van der Waals surface area (Å²) in [6.45, 7) is 12.4. The van der Waals surface area contributed by atoms with Crippen LogP contribution in [-0.4, -0.2) is 83.6 Å². The first-order valence-corrected chi connectivity index (χ1v) is 24.4. The lowest BCUT2D eigenvalue weighted by atomic mass is 9.79. The molecule has 1 aromatic heterocycles. The Bertz CT molecular complexity index is 3280. The molecule has 0 fully saturated rings. The van der Waals surface area contributed by atoms with E-state index in [0.29, 0.717) is 70.2 Å². The van der Waals surface area contributed by atoms with Crippen LogP contribution in [0.4, 0.5) is 11.4 Å². The Morgan fingerprint density at radius 3 is 2.02 bits per heavy atom. The van der Waals surface area contributed by atoms with Gasteiger partial charge in [-0.1, -0.05) is 31.0 Å². The average molecular weight is 953 g/mol. The van der Waals surface area contributed by atoms with Crippen LogP contribution in [0, 0.1) is 0 Å². The van der Waals surface area contributed by atoms with Gasteiger partial charge in [-0.25, -0.2) is 10.1 Å². The molecule has 336 valence electrons. The topological polar surface area (TPSA) is 258 Å². The van der Waals surface area contributed by atoms with Crippen molar-refractivity contribution in [2.24, 2.45) is 0 Å². The summed E-state index contributed by atoms with van der Waals surface area (Å²) in [6, 6.07) is 14.2. The normalized spacial score (nSPS) is 17.0. The molecular weight excluding hydrogens is 911 g/mol. The Balaban J connectivity index is 1.41. The van der Waals surface area contributed by atoms with E-state index >= 15 is 0 Å². The van der Waals surface area contributed by atoms with E-state index in [1.807, 2.05) is 75.3 Å². The minimum absolute atomic E-state index is 0.0427. The fourth-order valence-electron chi connectivity index (χ4n) is 8.85. The van der Waals surface area contributed by atoms with E-state index in [2.05, 4.69) is 14.4 Å². The summed E-state index contributed by atoms with van der Waals surface area (Å²) in [5, 5.41) is 23.5. The molecule has 2 aliphatic heterocycles. The highest BCUT2D eigenvalue weighted by Gasteiger charge is 2.46. The Morgan fingerprint density at radius 1 is 0.812 bits per heavy atom. The van der Waals surface area contributed by atoms with Gasteiger partial charge in [0.2, 0.25) is 5.69 Å². The van der Waals surface area contributed by atoms with E-state index < -0.39 is 61.8 Å². The molecule has 0 radical (unpaired) electrons. The minimum Gasteiger partial charge on any atom is -0.478 e. The number of carboxylic acids is 1. The molecule has 0 saturated heterocycles. The first kappa shape index (κ1) is 46.7. The summed E-state index contributed by atoms with van der Waals surface area (Å²) in [5.74, 6) is -1.17. The maximum absolute atomic E-state index is 12.6. The van der Waals surface area contributed by atoms with Crippen LogP contribution in [0.25, 0.3) is 27.1 Å². The number of pyridine rings is 1. The van der Waals surface area contributed by atoms with Crippen LogP contribution in [0.5, 0.6) is 0 Å². The van der Waals surface area contributed by atoms with Crippen LogP contribution >= 0.6 is 12.0 Å².